The first kappa shape index (κ1) is 17.9. The van der Waals surface area contributed by atoms with E-state index in [-0.39, 0.29) is 17.7 Å². The van der Waals surface area contributed by atoms with E-state index in [2.05, 4.69) is 13.8 Å². The number of nitrogens with two attached hydrogens (primary N) is 1. The lowest BCUT2D eigenvalue weighted by Gasteiger charge is -2.23. The van der Waals surface area contributed by atoms with Crippen LogP contribution in [-0.4, -0.2) is 17.0 Å². The lowest BCUT2D eigenvalue weighted by Crippen LogP contribution is -2.24. The van der Waals surface area contributed by atoms with Crippen molar-refractivity contribution in [2.75, 3.05) is 0 Å². The maximum Gasteiger partial charge on any atom is 0.306 e. The van der Waals surface area contributed by atoms with Crippen LogP contribution < -0.4 is 5.73 Å². The summed E-state index contributed by atoms with van der Waals surface area (Å²) in [7, 11) is 0. The summed E-state index contributed by atoms with van der Waals surface area (Å²) >= 11 is 0. The van der Waals surface area contributed by atoms with Crippen molar-refractivity contribution < 1.29 is 14.7 Å². The van der Waals surface area contributed by atoms with E-state index < -0.39 is 5.97 Å². The number of rotatable bonds is 12. The second kappa shape index (κ2) is 10.8. The van der Waals surface area contributed by atoms with E-state index >= 15 is 0 Å². The minimum absolute atomic E-state index is 0.228. The smallest absolute Gasteiger partial charge is 0.306 e. The van der Waals surface area contributed by atoms with Gasteiger partial charge in [0.05, 0.1) is 5.92 Å². The quantitative estimate of drug-likeness (QED) is 0.534. The number of hydrogen-bond donors (Lipinski definition) is 2. The van der Waals surface area contributed by atoms with Crippen molar-refractivity contribution in [3.05, 3.63) is 0 Å². The molecule has 0 rings (SSSR count). The number of hydrogen-bond acceptors (Lipinski definition) is 2. The Kier molecular flexibility index (Phi) is 10.2. The molecule has 2 atom stereocenters. The summed E-state index contributed by atoms with van der Waals surface area (Å²) in [5.74, 6) is -0.926. The molecule has 19 heavy (non-hydrogen) atoms. The van der Waals surface area contributed by atoms with Crippen LogP contribution in [0.5, 0.6) is 0 Å². The van der Waals surface area contributed by atoms with E-state index in [0.29, 0.717) is 6.42 Å². The summed E-state index contributed by atoms with van der Waals surface area (Å²) < 4.78 is 0. The van der Waals surface area contributed by atoms with Crippen molar-refractivity contribution in [3.63, 3.8) is 0 Å². The van der Waals surface area contributed by atoms with E-state index in [0.717, 1.165) is 51.4 Å². The second-order valence-electron chi connectivity index (χ2n) is 5.35. The fourth-order valence-electron chi connectivity index (χ4n) is 2.61. The largest absolute Gasteiger partial charge is 0.481 e. The average molecular weight is 271 g/mol. The predicted octanol–water partition coefficient (Wildman–Crippen LogP) is 3.34. The van der Waals surface area contributed by atoms with Gasteiger partial charge >= 0.3 is 5.97 Å². The van der Waals surface area contributed by atoms with Gasteiger partial charge in [0.25, 0.3) is 0 Å². The number of primary amides is 1. The summed E-state index contributed by atoms with van der Waals surface area (Å²) in [6.07, 6.45) is 7.70. The molecule has 112 valence electrons. The average Bonchev–Trinajstić information content (AvgIpc) is 2.34. The Bertz CT molecular complexity index is 266. The van der Waals surface area contributed by atoms with E-state index in [1.807, 2.05) is 0 Å². The number of amides is 1. The fourth-order valence-corrected chi connectivity index (χ4v) is 2.61. The topological polar surface area (TPSA) is 80.4 Å². The minimum Gasteiger partial charge on any atom is -0.481 e. The Labute approximate surface area is 116 Å². The standard InChI is InChI=1S/C15H29NO3/c1-3-5-10-13(15(18)19)12(8-4-2)9-6-7-11-14(16)17/h12-13H,3-11H2,1-2H3,(H2,16,17)(H,18,19). The van der Waals surface area contributed by atoms with Crippen molar-refractivity contribution in [2.45, 2.75) is 71.6 Å². The lowest BCUT2D eigenvalue weighted by atomic mass is 9.81. The molecule has 0 radical (unpaired) electrons. The van der Waals surface area contributed by atoms with Gasteiger partial charge in [-0.05, 0) is 31.6 Å². The molecular weight excluding hydrogens is 242 g/mol. The molecule has 0 aromatic carbocycles. The number of unbranched alkanes of at least 4 members (excludes halogenated alkanes) is 2. The van der Waals surface area contributed by atoms with Gasteiger partial charge in [-0.3, -0.25) is 9.59 Å². The Morgan fingerprint density at radius 2 is 1.68 bits per heavy atom. The molecule has 0 spiro atoms. The fraction of sp³-hybridized carbons (Fsp3) is 0.867. The van der Waals surface area contributed by atoms with Crippen molar-refractivity contribution in [3.8, 4) is 0 Å². The molecule has 4 heteroatoms. The van der Waals surface area contributed by atoms with Gasteiger partial charge in [0.2, 0.25) is 5.91 Å². The molecule has 0 aliphatic heterocycles. The summed E-state index contributed by atoms with van der Waals surface area (Å²) in [6, 6.07) is 0. The third kappa shape index (κ3) is 8.62. The SMILES string of the molecule is CCCCC(C(=O)O)C(CCC)CCCCC(N)=O. The van der Waals surface area contributed by atoms with Crippen LogP contribution in [0.2, 0.25) is 0 Å². The number of aliphatic carboxylic acids is 1. The molecule has 4 nitrogen and oxygen atoms in total. The maximum atomic E-state index is 11.4. The van der Waals surface area contributed by atoms with E-state index in [9.17, 15) is 14.7 Å². The van der Waals surface area contributed by atoms with Crippen molar-refractivity contribution in [1.82, 2.24) is 0 Å². The molecule has 0 heterocycles. The lowest BCUT2D eigenvalue weighted by molar-refractivity contribution is -0.144. The highest BCUT2D eigenvalue weighted by Crippen LogP contribution is 2.28. The molecular formula is C15H29NO3. The zero-order valence-electron chi connectivity index (χ0n) is 12.4. The van der Waals surface area contributed by atoms with Crippen molar-refractivity contribution in [1.29, 1.82) is 0 Å². The first-order valence-corrected chi connectivity index (χ1v) is 7.54. The monoisotopic (exact) mass is 271 g/mol. The Morgan fingerprint density at radius 3 is 2.16 bits per heavy atom. The number of carboxylic acids is 1. The summed E-state index contributed by atoms with van der Waals surface area (Å²) in [4.78, 5) is 22.1. The van der Waals surface area contributed by atoms with Crippen molar-refractivity contribution >= 4 is 11.9 Å². The van der Waals surface area contributed by atoms with Gasteiger partial charge in [0.1, 0.15) is 0 Å². The van der Waals surface area contributed by atoms with E-state index in [1.54, 1.807) is 0 Å². The minimum atomic E-state index is -0.665. The van der Waals surface area contributed by atoms with E-state index in [4.69, 9.17) is 5.73 Å². The molecule has 1 amide bonds. The first-order valence-electron chi connectivity index (χ1n) is 7.54. The summed E-state index contributed by atoms with van der Waals surface area (Å²) in [5, 5.41) is 9.37. The molecule has 0 aliphatic carbocycles. The van der Waals surface area contributed by atoms with Gasteiger partial charge in [0.15, 0.2) is 0 Å². The Morgan fingerprint density at radius 1 is 1.00 bits per heavy atom. The van der Waals surface area contributed by atoms with Gasteiger partial charge in [-0.15, -0.1) is 0 Å². The second-order valence-corrected chi connectivity index (χ2v) is 5.35. The molecule has 3 N–H and O–H groups in total. The van der Waals surface area contributed by atoms with Crippen LogP contribution >= 0.6 is 0 Å². The highest BCUT2D eigenvalue weighted by atomic mass is 16.4. The van der Waals surface area contributed by atoms with Crippen molar-refractivity contribution in [2.24, 2.45) is 17.6 Å². The zero-order valence-corrected chi connectivity index (χ0v) is 12.4. The van der Waals surface area contributed by atoms with Crippen LogP contribution in [0.25, 0.3) is 0 Å². The molecule has 0 aromatic rings. The maximum absolute atomic E-state index is 11.4. The van der Waals surface area contributed by atoms with Gasteiger partial charge in [-0.2, -0.15) is 0 Å². The number of carbonyl (C=O) groups excluding carboxylic acids is 1. The molecule has 2 unspecified atom stereocenters. The normalized spacial score (nSPS) is 14.0. The van der Waals surface area contributed by atoms with Crippen LogP contribution in [0.1, 0.15) is 71.6 Å². The molecule has 0 bridgehead atoms. The van der Waals surface area contributed by atoms with Gasteiger partial charge in [0, 0.05) is 6.42 Å². The highest BCUT2D eigenvalue weighted by molar-refractivity contribution is 5.73. The number of carboxylic acid groups (broad SMARTS) is 1. The number of carbonyl (C=O) groups is 2. The molecule has 0 fully saturated rings. The summed E-state index contributed by atoms with van der Waals surface area (Å²) in [6.45, 7) is 4.18. The molecule has 0 aliphatic rings. The van der Waals surface area contributed by atoms with E-state index in [1.165, 1.54) is 0 Å². The Balaban J connectivity index is 4.30. The molecule has 0 aromatic heterocycles. The Hall–Kier alpha value is -1.06. The van der Waals surface area contributed by atoms with Gasteiger partial charge in [-0.1, -0.05) is 39.5 Å². The third-order valence-corrected chi connectivity index (χ3v) is 3.66. The zero-order chi connectivity index (χ0) is 14.7. The van der Waals surface area contributed by atoms with Crippen LogP contribution in [0.4, 0.5) is 0 Å². The van der Waals surface area contributed by atoms with Crippen LogP contribution in [0.15, 0.2) is 0 Å². The van der Waals surface area contributed by atoms with Crippen LogP contribution in [0, 0.1) is 11.8 Å². The highest BCUT2D eigenvalue weighted by Gasteiger charge is 2.26. The molecule has 0 saturated carbocycles. The predicted molar refractivity (Wildman–Crippen MR) is 76.7 cm³/mol. The third-order valence-electron chi connectivity index (χ3n) is 3.66. The van der Waals surface area contributed by atoms with Crippen LogP contribution in [-0.2, 0) is 9.59 Å². The van der Waals surface area contributed by atoms with Gasteiger partial charge < -0.3 is 10.8 Å². The summed E-state index contributed by atoms with van der Waals surface area (Å²) in [5.41, 5.74) is 5.11. The van der Waals surface area contributed by atoms with Crippen LogP contribution in [0.3, 0.4) is 0 Å². The van der Waals surface area contributed by atoms with Gasteiger partial charge in [-0.25, -0.2) is 0 Å². The first-order chi connectivity index (χ1) is 9.02. The molecule has 0 saturated heterocycles.